The van der Waals surface area contributed by atoms with Crippen LogP contribution in [0, 0.1) is 13.8 Å². The molecule has 3 rings (SSSR count). The van der Waals surface area contributed by atoms with Gasteiger partial charge in [-0.2, -0.15) is 5.10 Å². The number of carbonyl (C=O) groups excluding carboxylic acids is 1. The lowest BCUT2D eigenvalue weighted by atomic mass is 9.88. The molecule has 0 aliphatic rings. The smallest absolute Gasteiger partial charge is 0.277 e. The number of hydrogen-bond acceptors (Lipinski definition) is 3. The second kappa shape index (κ2) is 9.69. The molecular weight excluding hydrogens is 360 g/mol. The molecular formula is C25H26N2O2. The van der Waals surface area contributed by atoms with E-state index in [0.29, 0.717) is 0 Å². The van der Waals surface area contributed by atoms with Crippen LogP contribution in [-0.4, -0.2) is 18.2 Å². The van der Waals surface area contributed by atoms with E-state index in [2.05, 4.69) is 34.8 Å². The maximum atomic E-state index is 12.3. The molecule has 0 spiro atoms. The average Bonchev–Trinajstić information content (AvgIpc) is 2.74. The topological polar surface area (TPSA) is 50.7 Å². The van der Waals surface area contributed by atoms with Gasteiger partial charge in [-0.3, -0.25) is 4.79 Å². The van der Waals surface area contributed by atoms with Crippen LogP contribution in [0.1, 0.15) is 35.1 Å². The fourth-order valence-electron chi connectivity index (χ4n) is 3.38. The van der Waals surface area contributed by atoms with Crippen LogP contribution in [0.5, 0.6) is 5.75 Å². The zero-order valence-electron chi connectivity index (χ0n) is 17.1. The van der Waals surface area contributed by atoms with E-state index in [1.165, 1.54) is 0 Å². The van der Waals surface area contributed by atoms with Crippen molar-refractivity contribution in [2.24, 2.45) is 5.10 Å². The average molecular weight is 386 g/mol. The molecule has 4 nitrogen and oxygen atoms in total. The number of benzene rings is 3. The molecule has 1 N–H and O–H groups in total. The Morgan fingerprint density at radius 3 is 1.90 bits per heavy atom. The molecule has 3 aromatic rings. The first-order chi connectivity index (χ1) is 14.1. The zero-order chi connectivity index (χ0) is 20.6. The van der Waals surface area contributed by atoms with Gasteiger partial charge in [0.25, 0.3) is 5.91 Å². The van der Waals surface area contributed by atoms with Crippen molar-refractivity contribution >= 4 is 11.6 Å². The molecule has 4 heteroatoms. The Balaban J connectivity index is 1.71. The van der Waals surface area contributed by atoms with Gasteiger partial charge in [0.1, 0.15) is 5.75 Å². The molecule has 0 atom stereocenters. The van der Waals surface area contributed by atoms with Crippen LogP contribution >= 0.6 is 0 Å². The molecule has 0 bridgehead atoms. The Hall–Kier alpha value is -3.40. The number of hydrazone groups is 1. The number of nitrogens with one attached hydrogen (secondary N) is 1. The first-order valence-electron chi connectivity index (χ1n) is 9.68. The molecule has 0 saturated heterocycles. The summed E-state index contributed by atoms with van der Waals surface area (Å²) in [5.41, 5.74) is 7.71. The first-order valence-corrected chi connectivity index (χ1v) is 9.68. The largest absolute Gasteiger partial charge is 0.483 e. The summed E-state index contributed by atoms with van der Waals surface area (Å²) in [5, 5.41) is 4.37. The van der Waals surface area contributed by atoms with E-state index in [1.807, 2.05) is 75.4 Å². The number of nitrogens with zero attached hydrogens (tertiary/aromatic N) is 1. The van der Waals surface area contributed by atoms with Gasteiger partial charge in [-0.1, -0.05) is 78.9 Å². The minimum atomic E-state index is -0.285. The Morgan fingerprint density at radius 1 is 0.862 bits per heavy atom. The van der Waals surface area contributed by atoms with Crippen molar-refractivity contribution < 1.29 is 9.53 Å². The van der Waals surface area contributed by atoms with E-state index in [0.717, 1.165) is 33.7 Å². The van der Waals surface area contributed by atoms with E-state index in [-0.39, 0.29) is 18.4 Å². The molecule has 148 valence electrons. The van der Waals surface area contributed by atoms with E-state index in [1.54, 1.807) is 0 Å². The number of para-hydroxylation sites is 1. The summed E-state index contributed by atoms with van der Waals surface area (Å²) in [4.78, 5) is 12.3. The Labute approximate surface area is 172 Å². The van der Waals surface area contributed by atoms with Gasteiger partial charge in [-0.05, 0) is 43.0 Å². The number of rotatable bonds is 7. The van der Waals surface area contributed by atoms with E-state index in [9.17, 15) is 4.79 Å². The highest BCUT2D eigenvalue weighted by atomic mass is 16.5. The molecule has 0 heterocycles. The summed E-state index contributed by atoms with van der Waals surface area (Å²) in [6, 6.07) is 26.2. The van der Waals surface area contributed by atoms with Crippen LogP contribution in [-0.2, 0) is 4.79 Å². The number of carbonyl (C=O) groups is 1. The maximum Gasteiger partial charge on any atom is 0.277 e. The summed E-state index contributed by atoms with van der Waals surface area (Å²) in [5.74, 6) is 0.430. The highest BCUT2D eigenvalue weighted by Gasteiger charge is 2.17. The monoisotopic (exact) mass is 386 g/mol. The van der Waals surface area contributed by atoms with Crippen molar-refractivity contribution in [2.45, 2.75) is 26.7 Å². The van der Waals surface area contributed by atoms with Gasteiger partial charge in [-0.15, -0.1) is 0 Å². The molecule has 29 heavy (non-hydrogen) atoms. The number of hydrogen-bond donors (Lipinski definition) is 1. The molecule has 0 saturated carbocycles. The molecule has 0 aromatic heterocycles. The van der Waals surface area contributed by atoms with Crippen molar-refractivity contribution in [2.75, 3.05) is 6.61 Å². The van der Waals surface area contributed by atoms with Gasteiger partial charge < -0.3 is 4.74 Å². The molecule has 0 radical (unpaired) electrons. The minimum absolute atomic E-state index is 0.0303. The standard InChI is InChI=1S/C25H26N2O2/c1-18-11-10-12-19(2)25(18)29-17-23(28)27-26-20(3)24(21-13-6-4-7-14-21)22-15-8-5-9-16-22/h4-16,24H,17H2,1-3H3,(H,27,28)/b26-20+. The maximum absolute atomic E-state index is 12.3. The van der Waals surface area contributed by atoms with E-state index < -0.39 is 0 Å². The van der Waals surface area contributed by atoms with Crippen molar-refractivity contribution in [3.05, 3.63) is 101 Å². The van der Waals surface area contributed by atoms with Crippen LogP contribution in [0.25, 0.3) is 0 Å². The summed E-state index contributed by atoms with van der Waals surface area (Å²) in [7, 11) is 0. The van der Waals surface area contributed by atoms with Gasteiger partial charge in [-0.25, -0.2) is 5.43 Å². The van der Waals surface area contributed by atoms with Crippen LogP contribution in [0.4, 0.5) is 0 Å². The predicted molar refractivity (Wildman–Crippen MR) is 117 cm³/mol. The normalized spacial score (nSPS) is 11.4. The molecule has 0 aliphatic carbocycles. The van der Waals surface area contributed by atoms with Crippen LogP contribution in [0.15, 0.2) is 84.0 Å². The molecule has 0 aliphatic heterocycles. The third-order valence-electron chi connectivity index (χ3n) is 4.80. The fraction of sp³-hybridized carbons (Fsp3) is 0.200. The van der Waals surface area contributed by atoms with Crippen molar-refractivity contribution in [3.63, 3.8) is 0 Å². The van der Waals surface area contributed by atoms with Crippen molar-refractivity contribution in [3.8, 4) is 5.75 Å². The summed E-state index contributed by atoms with van der Waals surface area (Å²) < 4.78 is 5.71. The number of aryl methyl sites for hydroxylation is 2. The fourth-order valence-corrected chi connectivity index (χ4v) is 3.38. The molecule has 0 fully saturated rings. The van der Waals surface area contributed by atoms with Crippen molar-refractivity contribution in [1.82, 2.24) is 5.43 Å². The van der Waals surface area contributed by atoms with E-state index in [4.69, 9.17) is 4.74 Å². The van der Waals surface area contributed by atoms with Crippen LogP contribution in [0.2, 0.25) is 0 Å². The van der Waals surface area contributed by atoms with Crippen LogP contribution < -0.4 is 10.2 Å². The van der Waals surface area contributed by atoms with Gasteiger partial charge >= 0.3 is 0 Å². The molecule has 1 amide bonds. The second-order valence-electron chi connectivity index (χ2n) is 7.05. The summed E-state index contributed by atoms with van der Waals surface area (Å²) >= 11 is 0. The SMILES string of the molecule is C/C(=N\NC(=O)COc1c(C)cccc1C)C(c1ccccc1)c1ccccc1. The molecule has 0 unspecified atom stereocenters. The van der Waals surface area contributed by atoms with Gasteiger partial charge in [0.05, 0.1) is 0 Å². The van der Waals surface area contributed by atoms with Gasteiger partial charge in [0, 0.05) is 11.6 Å². The Bertz CT molecular complexity index is 922. The Morgan fingerprint density at radius 2 is 1.38 bits per heavy atom. The lowest BCUT2D eigenvalue weighted by Gasteiger charge is -2.18. The van der Waals surface area contributed by atoms with Crippen molar-refractivity contribution in [1.29, 1.82) is 0 Å². The predicted octanol–water partition coefficient (Wildman–Crippen LogP) is 5.01. The van der Waals surface area contributed by atoms with Gasteiger partial charge in [0.2, 0.25) is 0 Å². The highest BCUT2D eigenvalue weighted by molar-refractivity contribution is 5.93. The lowest BCUT2D eigenvalue weighted by Crippen LogP contribution is -2.27. The Kier molecular flexibility index (Phi) is 6.80. The van der Waals surface area contributed by atoms with Gasteiger partial charge in [0.15, 0.2) is 6.61 Å². The quantitative estimate of drug-likeness (QED) is 0.458. The summed E-state index contributed by atoms with van der Waals surface area (Å²) in [6.45, 7) is 5.78. The first kappa shape index (κ1) is 20.3. The van der Waals surface area contributed by atoms with E-state index >= 15 is 0 Å². The number of ether oxygens (including phenoxy) is 1. The third kappa shape index (κ3) is 5.32. The highest BCUT2D eigenvalue weighted by Crippen LogP contribution is 2.26. The lowest BCUT2D eigenvalue weighted by molar-refractivity contribution is -0.123. The third-order valence-corrected chi connectivity index (χ3v) is 4.80. The number of amides is 1. The summed E-state index contributed by atoms with van der Waals surface area (Å²) in [6.07, 6.45) is 0. The second-order valence-corrected chi connectivity index (χ2v) is 7.05. The minimum Gasteiger partial charge on any atom is -0.483 e. The molecule has 3 aromatic carbocycles. The zero-order valence-corrected chi connectivity index (χ0v) is 17.1. The van der Waals surface area contributed by atoms with Crippen LogP contribution in [0.3, 0.4) is 0 Å².